The highest BCUT2D eigenvalue weighted by Crippen LogP contribution is 2.19. The summed E-state index contributed by atoms with van der Waals surface area (Å²) in [6.45, 7) is 6.27. The topological polar surface area (TPSA) is 40.6 Å². The molecule has 0 aliphatic heterocycles. The van der Waals surface area contributed by atoms with Gasteiger partial charge in [0.05, 0.1) is 38.6 Å². The number of benzene rings is 1. The third kappa shape index (κ3) is 7.09. The van der Waals surface area contributed by atoms with Gasteiger partial charge in [-0.1, -0.05) is 30.3 Å². The average molecular weight is 394 g/mol. The lowest BCUT2D eigenvalue weighted by molar-refractivity contribution is -0.0388. The minimum absolute atomic E-state index is 0.00893. The largest absolute Gasteiger partial charge is 0.376 e. The highest BCUT2D eigenvalue weighted by Gasteiger charge is 2.07. The first-order valence-corrected chi connectivity index (χ1v) is 8.90. The summed E-state index contributed by atoms with van der Waals surface area (Å²) >= 11 is 3.41. The maximum atomic E-state index is 5.77. The molecule has 2 rings (SSSR count). The van der Waals surface area contributed by atoms with Crippen molar-refractivity contribution in [3.8, 4) is 0 Å². The van der Waals surface area contributed by atoms with E-state index >= 15 is 0 Å². The van der Waals surface area contributed by atoms with Gasteiger partial charge in [-0.2, -0.15) is 0 Å². The molecule has 0 spiro atoms. The van der Waals surface area contributed by atoms with Crippen molar-refractivity contribution in [2.45, 2.75) is 32.7 Å². The minimum Gasteiger partial charge on any atom is -0.376 e. The van der Waals surface area contributed by atoms with E-state index in [0.29, 0.717) is 26.4 Å². The molecule has 2 aromatic rings. The van der Waals surface area contributed by atoms with Gasteiger partial charge in [0.1, 0.15) is 0 Å². The Hall–Kier alpha value is -1.27. The number of rotatable bonds is 10. The summed E-state index contributed by atoms with van der Waals surface area (Å²) < 4.78 is 18.1. The monoisotopic (exact) mass is 393 g/mol. The molecular formula is C19H24BrNO3. The third-order valence-corrected chi connectivity index (χ3v) is 3.95. The average Bonchev–Trinajstić information content (AvgIpc) is 2.60. The van der Waals surface area contributed by atoms with E-state index in [1.54, 1.807) is 6.20 Å². The third-order valence-electron chi connectivity index (χ3n) is 3.52. The lowest BCUT2D eigenvalue weighted by Gasteiger charge is -2.16. The van der Waals surface area contributed by atoms with Gasteiger partial charge in [-0.25, -0.2) is 0 Å². The van der Waals surface area contributed by atoms with Gasteiger partial charge >= 0.3 is 0 Å². The summed E-state index contributed by atoms with van der Waals surface area (Å²) in [5.74, 6) is 0. The van der Waals surface area contributed by atoms with Crippen LogP contribution in [-0.2, 0) is 20.8 Å². The zero-order chi connectivity index (χ0) is 17.2. The van der Waals surface area contributed by atoms with Crippen molar-refractivity contribution in [1.82, 2.24) is 4.98 Å². The number of ether oxygens (including phenoxy) is 3. The van der Waals surface area contributed by atoms with Crippen LogP contribution in [-0.4, -0.2) is 30.9 Å². The maximum Gasteiger partial charge on any atom is 0.0813 e. The van der Waals surface area contributed by atoms with Crippen molar-refractivity contribution in [2.24, 2.45) is 0 Å². The van der Waals surface area contributed by atoms with Crippen LogP contribution in [0.3, 0.4) is 0 Å². The second-order valence-corrected chi connectivity index (χ2v) is 6.55. The SMILES string of the molecule is C[C@H](COCCO[C@@H](C)c1cncc(Br)c1)OCc1ccccc1. The molecule has 0 amide bonds. The summed E-state index contributed by atoms with van der Waals surface area (Å²) in [6.07, 6.45) is 3.62. The molecule has 4 nitrogen and oxygen atoms in total. The summed E-state index contributed by atoms with van der Waals surface area (Å²) in [5, 5.41) is 0. The van der Waals surface area contributed by atoms with E-state index in [1.165, 1.54) is 5.56 Å². The van der Waals surface area contributed by atoms with Gasteiger partial charge in [-0.15, -0.1) is 0 Å². The van der Waals surface area contributed by atoms with Crippen molar-refractivity contribution in [2.75, 3.05) is 19.8 Å². The number of hydrogen-bond acceptors (Lipinski definition) is 4. The van der Waals surface area contributed by atoms with Crippen LogP contribution >= 0.6 is 15.9 Å². The predicted molar refractivity (Wildman–Crippen MR) is 97.8 cm³/mol. The Labute approximate surface area is 152 Å². The second kappa shape index (κ2) is 10.6. The highest BCUT2D eigenvalue weighted by molar-refractivity contribution is 9.10. The van der Waals surface area contributed by atoms with Gasteiger partial charge in [0, 0.05) is 16.9 Å². The van der Waals surface area contributed by atoms with Crippen molar-refractivity contribution in [3.05, 3.63) is 64.4 Å². The Balaban J connectivity index is 1.56. The van der Waals surface area contributed by atoms with Crippen molar-refractivity contribution in [3.63, 3.8) is 0 Å². The molecule has 24 heavy (non-hydrogen) atoms. The van der Waals surface area contributed by atoms with E-state index in [9.17, 15) is 0 Å². The standard InChI is InChI=1S/C19H24BrNO3/c1-15(24-14-17-6-4-3-5-7-17)13-22-8-9-23-16(2)18-10-19(20)12-21-11-18/h3-7,10-12,15-16H,8-9,13-14H2,1-2H3/t15-,16+/m1/s1. The quantitative estimate of drug-likeness (QED) is 0.555. The lowest BCUT2D eigenvalue weighted by Crippen LogP contribution is -2.18. The number of halogens is 1. The lowest BCUT2D eigenvalue weighted by atomic mass is 10.2. The van der Waals surface area contributed by atoms with Crippen LogP contribution in [0.15, 0.2) is 53.3 Å². The fourth-order valence-corrected chi connectivity index (χ4v) is 2.52. The van der Waals surface area contributed by atoms with Crippen molar-refractivity contribution < 1.29 is 14.2 Å². The Morgan fingerprint density at radius 3 is 2.58 bits per heavy atom. The van der Waals surface area contributed by atoms with Crippen LogP contribution in [0.5, 0.6) is 0 Å². The molecular weight excluding hydrogens is 370 g/mol. The molecule has 0 bridgehead atoms. The summed E-state index contributed by atoms with van der Waals surface area (Å²) in [6, 6.07) is 12.1. The van der Waals surface area contributed by atoms with Crippen LogP contribution in [0.25, 0.3) is 0 Å². The first-order valence-electron chi connectivity index (χ1n) is 8.10. The minimum atomic E-state index is -0.00893. The molecule has 0 fully saturated rings. The molecule has 5 heteroatoms. The molecule has 130 valence electrons. The van der Waals surface area contributed by atoms with Gasteiger partial charge in [0.2, 0.25) is 0 Å². The number of aromatic nitrogens is 1. The maximum absolute atomic E-state index is 5.77. The molecule has 0 unspecified atom stereocenters. The fraction of sp³-hybridized carbons (Fsp3) is 0.421. The van der Waals surface area contributed by atoms with Gasteiger partial charge < -0.3 is 14.2 Å². The predicted octanol–water partition coefficient (Wildman–Crippen LogP) is 4.54. The Morgan fingerprint density at radius 1 is 1.04 bits per heavy atom. The van der Waals surface area contributed by atoms with Crippen LogP contribution in [0.1, 0.15) is 31.1 Å². The first-order chi connectivity index (χ1) is 11.6. The normalized spacial score (nSPS) is 13.6. The van der Waals surface area contributed by atoms with Crippen LogP contribution < -0.4 is 0 Å². The molecule has 0 saturated heterocycles. The Bertz CT molecular complexity index is 594. The van der Waals surface area contributed by atoms with E-state index < -0.39 is 0 Å². The van der Waals surface area contributed by atoms with Gasteiger partial charge in [-0.05, 0) is 47.0 Å². The summed E-state index contributed by atoms with van der Waals surface area (Å²) in [5.41, 5.74) is 2.22. The molecule has 0 radical (unpaired) electrons. The Kier molecular flexibility index (Phi) is 8.39. The highest BCUT2D eigenvalue weighted by atomic mass is 79.9. The molecule has 1 aromatic carbocycles. The first kappa shape index (κ1) is 19.1. The van der Waals surface area contributed by atoms with E-state index in [1.807, 2.05) is 44.3 Å². The summed E-state index contributed by atoms with van der Waals surface area (Å²) in [7, 11) is 0. The van der Waals surface area contributed by atoms with Crippen LogP contribution in [0, 0.1) is 0 Å². The van der Waals surface area contributed by atoms with Gasteiger partial charge in [0.15, 0.2) is 0 Å². The number of nitrogens with zero attached hydrogens (tertiary/aromatic N) is 1. The molecule has 0 N–H and O–H groups in total. The molecule has 2 atom stereocenters. The molecule has 0 aliphatic rings. The fourth-order valence-electron chi connectivity index (χ4n) is 2.14. The molecule has 0 saturated carbocycles. The van der Waals surface area contributed by atoms with E-state index in [0.717, 1.165) is 10.0 Å². The van der Waals surface area contributed by atoms with Crippen molar-refractivity contribution in [1.29, 1.82) is 0 Å². The Morgan fingerprint density at radius 2 is 1.83 bits per heavy atom. The number of hydrogen-bond donors (Lipinski definition) is 0. The van der Waals surface area contributed by atoms with E-state index in [4.69, 9.17) is 14.2 Å². The second-order valence-electron chi connectivity index (χ2n) is 5.63. The van der Waals surface area contributed by atoms with Crippen LogP contribution in [0.4, 0.5) is 0 Å². The van der Waals surface area contributed by atoms with Gasteiger partial charge in [-0.3, -0.25) is 4.98 Å². The summed E-state index contributed by atoms with van der Waals surface area (Å²) in [4.78, 5) is 4.14. The number of pyridine rings is 1. The van der Waals surface area contributed by atoms with Crippen molar-refractivity contribution >= 4 is 15.9 Å². The zero-order valence-corrected chi connectivity index (χ0v) is 15.7. The van der Waals surface area contributed by atoms with E-state index in [-0.39, 0.29) is 12.2 Å². The molecule has 0 aliphatic carbocycles. The van der Waals surface area contributed by atoms with Gasteiger partial charge in [0.25, 0.3) is 0 Å². The zero-order valence-electron chi connectivity index (χ0n) is 14.2. The van der Waals surface area contributed by atoms with E-state index in [2.05, 4.69) is 33.0 Å². The van der Waals surface area contributed by atoms with Crippen LogP contribution in [0.2, 0.25) is 0 Å². The molecule has 1 heterocycles. The molecule has 1 aromatic heterocycles. The smallest absolute Gasteiger partial charge is 0.0813 e.